The molecule has 4 nitrogen and oxygen atoms in total. The Balaban J connectivity index is 2.62. The van der Waals surface area contributed by atoms with E-state index in [-0.39, 0.29) is 11.3 Å². The number of amides is 1. The lowest BCUT2D eigenvalue weighted by Crippen LogP contribution is -2.36. The van der Waals surface area contributed by atoms with Gasteiger partial charge in [0.15, 0.2) is 0 Å². The summed E-state index contributed by atoms with van der Waals surface area (Å²) in [5, 5.41) is 2.57. The third-order valence-corrected chi connectivity index (χ3v) is 2.96. The number of hydrogen-bond donors (Lipinski definition) is 2. The Bertz CT molecular complexity index is 463. The van der Waals surface area contributed by atoms with Gasteiger partial charge >= 0.3 is 0 Å². The number of nitrogens with zero attached hydrogens (tertiary/aromatic N) is 1. The fourth-order valence-electron chi connectivity index (χ4n) is 1.44. The Labute approximate surface area is 111 Å². The number of halogens is 2. The number of likely N-dealkylation sites (N-methyl/N-ethyl adjacent to an activating group) is 1. The first-order valence-corrected chi connectivity index (χ1v) is 6.06. The van der Waals surface area contributed by atoms with Gasteiger partial charge in [-0.05, 0) is 27.0 Å². The molecule has 6 heteroatoms. The number of rotatable bonds is 5. The Hall–Kier alpha value is -1.69. The maximum absolute atomic E-state index is 13.4. The van der Waals surface area contributed by atoms with Crippen molar-refractivity contribution >= 4 is 11.6 Å². The molecule has 1 rings (SSSR count). The summed E-state index contributed by atoms with van der Waals surface area (Å²) < 4.78 is 26.4. The second kappa shape index (κ2) is 6.47. The van der Waals surface area contributed by atoms with Gasteiger partial charge in [0.05, 0.1) is 11.3 Å². The molecule has 3 N–H and O–H groups in total. The van der Waals surface area contributed by atoms with Crippen LogP contribution in [0.1, 0.15) is 24.2 Å². The van der Waals surface area contributed by atoms with Gasteiger partial charge in [0.1, 0.15) is 11.6 Å². The summed E-state index contributed by atoms with van der Waals surface area (Å²) in [6, 6.07) is 1.98. The average molecular weight is 271 g/mol. The number of carbonyl (C=O) groups is 1. The van der Waals surface area contributed by atoms with Gasteiger partial charge in [0.2, 0.25) is 0 Å². The summed E-state index contributed by atoms with van der Waals surface area (Å²) in [4.78, 5) is 13.8. The third kappa shape index (κ3) is 4.17. The van der Waals surface area contributed by atoms with E-state index in [1.807, 2.05) is 25.8 Å². The van der Waals surface area contributed by atoms with E-state index in [0.717, 1.165) is 6.07 Å². The minimum atomic E-state index is -0.915. The highest BCUT2D eigenvalue weighted by Crippen LogP contribution is 2.16. The molecule has 0 bridgehead atoms. The van der Waals surface area contributed by atoms with E-state index in [9.17, 15) is 13.6 Å². The third-order valence-electron chi connectivity index (χ3n) is 2.96. The topological polar surface area (TPSA) is 58.4 Å². The first-order chi connectivity index (χ1) is 8.82. The Morgan fingerprint density at radius 2 is 2.00 bits per heavy atom. The maximum Gasteiger partial charge on any atom is 0.254 e. The van der Waals surface area contributed by atoms with Crippen molar-refractivity contribution in [1.29, 1.82) is 0 Å². The standard InChI is InChI=1S/C13H19F2N3O/c1-8(2)18(3)5-4-17-13(19)9-6-12(16)11(15)7-10(9)14/h6-8H,4-5,16H2,1-3H3,(H,17,19). The van der Waals surface area contributed by atoms with Crippen LogP contribution in [0.5, 0.6) is 0 Å². The highest BCUT2D eigenvalue weighted by molar-refractivity contribution is 5.95. The summed E-state index contributed by atoms with van der Waals surface area (Å²) in [5.74, 6) is -2.38. The average Bonchev–Trinajstić information content (AvgIpc) is 2.33. The van der Waals surface area contributed by atoms with Crippen LogP contribution in [0, 0.1) is 11.6 Å². The van der Waals surface area contributed by atoms with Gasteiger partial charge in [-0.1, -0.05) is 0 Å². The lowest BCUT2D eigenvalue weighted by Gasteiger charge is -2.20. The van der Waals surface area contributed by atoms with Gasteiger partial charge in [0.25, 0.3) is 5.91 Å². The van der Waals surface area contributed by atoms with Crippen LogP contribution in [-0.2, 0) is 0 Å². The molecule has 0 radical (unpaired) electrons. The first-order valence-electron chi connectivity index (χ1n) is 6.06. The molecule has 0 fully saturated rings. The molecule has 19 heavy (non-hydrogen) atoms. The van der Waals surface area contributed by atoms with Crippen molar-refractivity contribution in [2.24, 2.45) is 0 Å². The highest BCUT2D eigenvalue weighted by atomic mass is 19.1. The molecule has 0 saturated heterocycles. The zero-order chi connectivity index (χ0) is 14.6. The van der Waals surface area contributed by atoms with Crippen molar-refractivity contribution in [3.8, 4) is 0 Å². The van der Waals surface area contributed by atoms with Crippen molar-refractivity contribution in [3.63, 3.8) is 0 Å². The smallest absolute Gasteiger partial charge is 0.254 e. The lowest BCUT2D eigenvalue weighted by atomic mass is 10.1. The molecule has 0 aromatic heterocycles. The summed E-state index contributed by atoms with van der Waals surface area (Å²) in [6.07, 6.45) is 0. The molecule has 0 saturated carbocycles. The van der Waals surface area contributed by atoms with Gasteiger partial charge in [-0.3, -0.25) is 4.79 Å². The molecule has 0 aliphatic rings. The van der Waals surface area contributed by atoms with E-state index in [2.05, 4.69) is 5.32 Å². The van der Waals surface area contributed by atoms with E-state index in [1.54, 1.807) is 0 Å². The summed E-state index contributed by atoms with van der Waals surface area (Å²) in [7, 11) is 1.92. The summed E-state index contributed by atoms with van der Waals surface area (Å²) in [6.45, 7) is 5.08. The van der Waals surface area contributed by atoms with Crippen LogP contribution in [0.2, 0.25) is 0 Å². The SMILES string of the molecule is CC(C)N(C)CCNC(=O)c1cc(N)c(F)cc1F. The number of nitrogen functional groups attached to an aromatic ring is 1. The largest absolute Gasteiger partial charge is 0.396 e. The maximum atomic E-state index is 13.4. The molecule has 1 amide bonds. The van der Waals surface area contributed by atoms with Crippen LogP contribution < -0.4 is 11.1 Å². The van der Waals surface area contributed by atoms with Crippen LogP contribution >= 0.6 is 0 Å². The molecule has 0 atom stereocenters. The summed E-state index contributed by atoms with van der Waals surface area (Å²) in [5.41, 5.74) is 4.83. The number of hydrogen-bond acceptors (Lipinski definition) is 3. The first kappa shape index (κ1) is 15.4. The van der Waals surface area contributed by atoms with Gasteiger partial charge < -0.3 is 16.0 Å². The minimum Gasteiger partial charge on any atom is -0.396 e. The second-order valence-corrected chi connectivity index (χ2v) is 4.68. The number of nitrogens with one attached hydrogen (secondary N) is 1. The zero-order valence-corrected chi connectivity index (χ0v) is 11.3. The van der Waals surface area contributed by atoms with Crippen molar-refractivity contribution in [2.75, 3.05) is 25.9 Å². The van der Waals surface area contributed by atoms with Gasteiger partial charge in [-0.2, -0.15) is 0 Å². The van der Waals surface area contributed by atoms with Crippen molar-refractivity contribution in [3.05, 3.63) is 29.3 Å². The molecule has 106 valence electrons. The predicted octanol–water partition coefficient (Wildman–Crippen LogP) is 1.62. The van der Waals surface area contributed by atoms with E-state index in [1.165, 1.54) is 0 Å². The van der Waals surface area contributed by atoms with Crippen LogP contribution in [0.3, 0.4) is 0 Å². The van der Waals surface area contributed by atoms with Crippen LogP contribution in [0.25, 0.3) is 0 Å². The normalized spacial score (nSPS) is 11.1. The fourth-order valence-corrected chi connectivity index (χ4v) is 1.44. The number of benzene rings is 1. The number of anilines is 1. The van der Waals surface area contributed by atoms with E-state index in [4.69, 9.17) is 5.73 Å². The number of nitrogens with two attached hydrogens (primary N) is 1. The van der Waals surface area contributed by atoms with E-state index < -0.39 is 17.5 Å². The Kier molecular flexibility index (Phi) is 5.23. The van der Waals surface area contributed by atoms with Crippen molar-refractivity contribution < 1.29 is 13.6 Å². The monoisotopic (exact) mass is 271 g/mol. The molecular formula is C13H19F2N3O. The quantitative estimate of drug-likeness (QED) is 0.800. The van der Waals surface area contributed by atoms with Crippen molar-refractivity contribution in [2.45, 2.75) is 19.9 Å². The van der Waals surface area contributed by atoms with Crippen LogP contribution in [-0.4, -0.2) is 37.0 Å². The fraction of sp³-hybridized carbons (Fsp3) is 0.462. The molecule has 0 spiro atoms. The minimum absolute atomic E-state index is 0.244. The Morgan fingerprint density at radius 3 is 2.58 bits per heavy atom. The number of carbonyl (C=O) groups excluding carboxylic acids is 1. The van der Waals surface area contributed by atoms with Crippen molar-refractivity contribution in [1.82, 2.24) is 10.2 Å². The van der Waals surface area contributed by atoms with Gasteiger partial charge in [0, 0.05) is 25.2 Å². The molecule has 1 aromatic carbocycles. The van der Waals surface area contributed by atoms with Crippen LogP contribution in [0.4, 0.5) is 14.5 Å². The zero-order valence-electron chi connectivity index (χ0n) is 11.3. The molecule has 0 aliphatic carbocycles. The van der Waals surface area contributed by atoms with Gasteiger partial charge in [-0.25, -0.2) is 8.78 Å². The van der Waals surface area contributed by atoms with Crippen LogP contribution in [0.15, 0.2) is 12.1 Å². The lowest BCUT2D eigenvalue weighted by molar-refractivity contribution is 0.0944. The summed E-state index contributed by atoms with van der Waals surface area (Å²) >= 11 is 0. The molecule has 0 aliphatic heterocycles. The molecule has 0 unspecified atom stereocenters. The second-order valence-electron chi connectivity index (χ2n) is 4.68. The molecular weight excluding hydrogens is 252 g/mol. The van der Waals surface area contributed by atoms with E-state index in [0.29, 0.717) is 25.2 Å². The van der Waals surface area contributed by atoms with Gasteiger partial charge in [-0.15, -0.1) is 0 Å². The Morgan fingerprint density at radius 1 is 1.37 bits per heavy atom. The predicted molar refractivity (Wildman–Crippen MR) is 70.9 cm³/mol. The van der Waals surface area contributed by atoms with E-state index >= 15 is 0 Å². The highest BCUT2D eigenvalue weighted by Gasteiger charge is 2.14. The molecule has 0 heterocycles. The molecule has 1 aromatic rings.